The highest BCUT2D eigenvalue weighted by Crippen LogP contribution is 2.12. The highest BCUT2D eigenvalue weighted by Gasteiger charge is 2.07. The van der Waals surface area contributed by atoms with Crippen molar-refractivity contribution in [2.24, 2.45) is 5.92 Å². The molecule has 0 spiro atoms. The van der Waals surface area contributed by atoms with Crippen molar-refractivity contribution in [1.29, 1.82) is 0 Å². The first-order valence-electron chi connectivity index (χ1n) is 5.35. The molecule has 0 radical (unpaired) electrons. The zero-order valence-electron chi connectivity index (χ0n) is 10.2. The first-order chi connectivity index (χ1) is 7.52. The summed E-state index contributed by atoms with van der Waals surface area (Å²) in [6.07, 6.45) is 1.12. The molecule has 0 aromatic carbocycles. The van der Waals surface area contributed by atoms with E-state index in [1.54, 1.807) is 4.90 Å². The average molecular weight is 244 g/mol. The molecule has 1 N–H and O–H groups in total. The molecule has 0 aliphatic rings. The Labute approximate surface area is 101 Å². The van der Waals surface area contributed by atoms with E-state index >= 15 is 0 Å². The molecule has 0 saturated heterocycles. The van der Waals surface area contributed by atoms with Gasteiger partial charge < -0.3 is 10.2 Å². The Kier molecular flexibility index (Phi) is 4.73. The van der Waals surface area contributed by atoms with Crippen LogP contribution in [-0.4, -0.2) is 35.6 Å². The first-order valence-corrected chi connectivity index (χ1v) is 5.73. The summed E-state index contributed by atoms with van der Waals surface area (Å²) >= 11 is 5.81. The van der Waals surface area contributed by atoms with Gasteiger partial charge in [0, 0.05) is 20.6 Å². The minimum atomic E-state index is 0.213. The zero-order valence-corrected chi connectivity index (χ0v) is 10.9. The van der Waals surface area contributed by atoms with Crippen LogP contribution in [0.4, 0.5) is 11.9 Å². The molecule has 0 bridgehead atoms. The Morgan fingerprint density at radius 2 is 2.00 bits per heavy atom. The van der Waals surface area contributed by atoms with E-state index in [1.807, 2.05) is 14.1 Å². The lowest BCUT2D eigenvalue weighted by Crippen LogP contribution is -2.17. The number of hydrogen-bond acceptors (Lipinski definition) is 5. The Balaban J connectivity index is 2.72. The third-order valence-electron chi connectivity index (χ3n) is 2.30. The SMILES string of the molecule is CCC(C)CNc1nc(Cl)nc(N(C)C)n1. The van der Waals surface area contributed by atoms with Gasteiger partial charge in [0.25, 0.3) is 0 Å². The predicted molar refractivity (Wildman–Crippen MR) is 67.1 cm³/mol. The van der Waals surface area contributed by atoms with Crippen molar-refractivity contribution >= 4 is 23.5 Å². The van der Waals surface area contributed by atoms with Crippen molar-refractivity contribution in [1.82, 2.24) is 15.0 Å². The van der Waals surface area contributed by atoms with Crippen molar-refractivity contribution in [2.45, 2.75) is 20.3 Å². The Morgan fingerprint density at radius 3 is 2.56 bits per heavy atom. The van der Waals surface area contributed by atoms with Gasteiger partial charge >= 0.3 is 0 Å². The topological polar surface area (TPSA) is 53.9 Å². The van der Waals surface area contributed by atoms with Gasteiger partial charge in [-0.1, -0.05) is 20.3 Å². The molecule has 1 aromatic heterocycles. The lowest BCUT2D eigenvalue weighted by molar-refractivity contribution is 0.591. The van der Waals surface area contributed by atoms with Gasteiger partial charge in [0.15, 0.2) is 0 Å². The molecule has 5 nitrogen and oxygen atoms in total. The van der Waals surface area contributed by atoms with Crippen LogP contribution in [0.3, 0.4) is 0 Å². The summed E-state index contributed by atoms with van der Waals surface area (Å²) in [6, 6.07) is 0. The van der Waals surface area contributed by atoms with E-state index in [-0.39, 0.29) is 5.28 Å². The molecule has 90 valence electrons. The summed E-state index contributed by atoms with van der Waals surface area (Å²) in [5, 5.41) is 3.37. The van der Waals surface area contributed by atoms with E-state index in [1.165, 1.54) is 0 Å². The van der Waals surface area contributed by atoms with Crippen LogP contribution < -0.4 is 10.2 Å². The summed E-state index contributed by atoms with van der Waals surface area (Å²) in [7, 11) is 3.73. The quantitative estimate of drug-likeness (QED) is 0.858. The van der Waals surface area contributed by atoms with Gasteiger partial charge in [-0.2, -0.15) is 15.0 Å². The van der Waals surface area contributed by atoms with E-state index in [2.05, 4.69) is 34.1 Å². The Morgan fingerprint density at radius 1 is 1.31 bits per heavy atom. The average Bonchev–Trinajstić information content (AvgIpc) is 2.25. The Hall–Kier alpha value is -1.10. The number of halogens is 1. The number of hydrogen-bond donors (Lipinski definition) is 1. The number of anilines is 2. The van der Waals surface area contributed by atoms with Gasteiger partial charge in [0.05, 0.1) is 0 Å². The third kappa shape index (κ3) is 3.81. The van der Waals surface area contributed by atoms with E-state index in [9.17, 15) is 0 Å². The smallest absolute Gasteiger partial charge is 0.230 e. The second-order valence-corrected chi connectivity index (χ2v) is 4.35. The van der Waals surface area contributed by atoms with Crippen LogP contribution in [0.25, 0.3) is 0 Å². The van der Waals surface area contributed by atoms with Crippen LogP contribution in [0.5, 0.6) is 0 Å². The molecular formula is C10H18ClN5. The summed E-state index contributed by atoms with van der Waals surface area (Å²) in [6.45, 7) is 5.16. The number of rotatable bonds is 5. The van der Waals surface area contributed by atoms with Gasteiger partial charge in [-0.15, -0.1) is 0 Å². The maximum absolute atomic E-state index is 5.81. The van der Waals surface area contributed by atoms with E-state index in [0.717, 1.165) is 13.0 Å². The number of nitrogens with zero attached hydrogens (tertiary/aromatic N) is 4. The summed E-state index contributed by atoms with van der Waals surface area (Å²) in [4.78, 5) is 14.1. The van der Waals surface area contributed by atoms with Crippen molar-refractivity contribution in [3.05, 3.63) is 5.28 Å². The fourth-order valence-corrected chi connectivity index (χ4v) is 1.18. The van der Waals surface area contributed by atoms with Crippen molar-refractivity contribution in [3.8, 4) is 0 Å². The molecular weight excluding hydrogens is 226 g/mol. The fourth-order valence-electron chi connectivity index (χ4n) is 1.03. The molecule has 0 amide bonds. The second kappa shape index (κ2) is 5.84. The van der Waals surface area contributed by atoms with Gasteiger partial charge in [-0.05, 0) is 17.5 Å². The minimum Gasteiger partial charge on any atom is -0.354 e. The van der Waals surface area contributed by atoms with Gasteiger partial charge in [-0.3, -0.25) is 0 Å². The van der Waals surface area contributed by atoms with Crippen LogP contribution in [0.2, 0.25) is 5.28 Å². The maximum Gasteiger partial charge on any atom is 0.230 e. The molecule has 16 heavy (non-hydrogen) atoms. The second-order valence-electron chi connectivity index (χ2n) is 4.02. The van der Waals surface area contributed by atoms with Gasteiger partial charge in [-0.25, -0.2) is 0 Å². The first kappa shape index (κ1) is 13.0. The van der Waals surface area contributed by atoms with Crippen LogP contribution in [0.15, 0.2) is 0 Å². The minimum absolute atomic E-state index is 0.213. The van der Waals surface area contributed by atoms with Crippen molar-refractivity contribution in [3.63, 3.8) is 0 Å². The molecule has 1 unspecified atom stereocenters. The summed E-state index contributed by atoms with van der Waals surface area (Å²) in [5.74, 6) is 1.67. The zero-order chi connectivity index (χ0) is 12.1. The van der Waals surface area contributed by atoms with E-state index < -0.39 is 0 Å². The summed E-state index contributed by atoms with van der Waals surface area (Å²) in [5.41, 5.74) is 0. The van der Waals surface area contributed by atoms with E-state index in [4.69, 9.17) is 11.6 Å². The lowest BCUT2D eigenvalue weighted by atomic mass is 10.1. The Bertz CT molecular complexity index is 342. The molecule has 1 heterocycles. The van der Waals surface area contributed by atoms with Crippen LogP contribution >= 0.6 is 11.6 Å². The van der Waals surface area contributed by atoms with Crippen LogP contribution in [0.1, 0.15) is 20.3 Å². The fraction of sp³-hybridized carbons (Fsp3) is 0.700. The number of aromatic nitrogens is 3. The highest BCUT2D eigenvalue weighted by atomic mass is 35.5. The highest BCUT2D eigenvalue weighted by molar-refractivity contribution is 6.28. The molecule has 1 rings (SSSR count). The lowest BCUT2D eigenvalue weighted by Gasteiger charge is -2.13. The van der Waals surface area contributed by atoms with Gasteiger partial charge in [0.2, 0.25) is 17.2 Å². The molecule has 0 saturated carbocycles. The van der Waals surface area contributed by atoms with Crippen LogP contribution in [0, 0.1) is 5.92 Å². The molecule has 0 aliphatic carbocycles. The molecule has 1 aromatic rings. The number of nitrogens with one attached hydrogen (secondary N) is 1. The monoisotopic (exact) mass is 243 g/mol. The van der Waals surface area contributed by atoms with Gasteiger partial charge in [0.1, 0.15) is 0 Å². The van der Waals surface area contributed by atoms with Crippen molar-refractivity contribution < 1.29 is 0 Å². The molecule has 1 atom stereocenters. The molecule has 0 fully saturated rings. The third-order valence-corrected chi connectivity index (χ3v) is 2.47. The maximum atomic E-state index is 5.81. The van der Waals surface area contributed by atoms with E-state index in [0.29, 0.717) is 17.8 Å². The van der Waals surface area contributed by atoms with Crippen LogP contribution in [-0.2, 0) is 0 Å². The van der Waals surface area contributed by atoms with Crippen molar-refractivity contribution in [2.75, 3.05) is 30.9 Å². The normalized spacial score (nSPS) is 12.3. The standard InChI is InChI=1S/C10H18ClN5/c1-5-7(2)6-12-9-13-8(11)14-10(15-9)16(3)4/h7H,5-6H2,1-4H3,(H,12,13,14,15). The predicted octanol–water partition coefficient (Wildman–Crippen LogP) is 2.05. The molecule has 0 aliphatic heterocycles. The summed E-state index contributed by atoms with van der Waals surface area (Å²) < 4.78 is 0. The molecule has 6 heteroatoms. The largest absolute Gasteiger partial charge is 0.354 e.